The second kappa shape index (κ2) is 8.03. The molecule has 6 rings (SSSR count). The molecule has 1 aliphatic rings. The second-order valence-corrected chi connectivity index (χ2v) is 8.54. The number of imidazole rings is 1. The predicted octanol–water partition coefficient (Wildman–Crippen LogP) is 4.21. The first-order chi connectivity index (χ1) is 16.6. The summed E-state index contributed by atoms with van der Waals surface area (Å²) < 4.78 is 16.9. The van der Waals surface area contributed by atoms with Crippen molar-refractivity contribution in [2.24, 2.45) is 0 Å². The van der Waals surface area contributed by atoms with Crippen molar-refractivity contribution < 1.29 is 4.39 Å². The van der Waals surface area contributed by atoms with Gasteiger partial charge in [0.05, 0.1) is 23.6 Å². The number of nitrogens with zero attached hydrogens (tertiary/aromatic N) is 6. The van der Waals surface area contributed by atoms with Crippen LogP contribution in [0.1, 0.15) is 24.0 Å². The standard InChI is InChI=1S/C24H17ClFN7O/c25-16-4-6-21(32-13-28-30-31-32)19(11-16)15-9-18-5-7-22(33(18)23(34)10-15)24-27-12-20(29-24)14-2-1-3-17(26)8-14/h1-4,6,8-13,22H,5,7H2,(H,27,29)/t22-/m0/s1. The van der Waals surface area contributed by atoms with E-state index in [9.17, 15) is 9.18 Å². The van der Waals surface area contributed by atoms with Crippen LogP contribution in [0.4, 0.5) is 4.39 Å². The van der Waals surface area contributed by atoms with Gasteiger partial charge in [0.1, 0.15) is 18.0 Å². The normalized spacial score (nSPS) is 14.9. The van der Waals surface area contributed by atoms with Gasteiger partial charge in [-0.1, -0.05) is 23.7 Å². The second-order valence-electron chi connectivity index (χ2n) is 8.11. The van der Waals surface area contributed by atoms with Crippen molar-refractivity contribution in [1.82, 2.24) is 34.7 Å². The summed E-state index contributed by atoms with van der Waals surface area (Å²) in [6.45, 7) is 0. The highest BCUT2D eigenvalue weighted by Crippen LogP contribution is 2.34. The summed E-state index contributed by atoms with van der Waals surface area (Å²) in [5, 5.41) is 11.9. The summed E-state index contributed by atoms with van der Waals surface area (Å²) in [5.74, 6) is 0.357. The van der Waals surface area contributed by atoms with Crippen LogP contribution in [0.3, 0.4) is 0 Å². The van der Waals surface area contributed by atoms with E-state index in [0.29, 0.717) is 28.5 Å². The topological polar surface area (TPSA) is 94.3 Å². The van der Waals surface area contributed by atoms with Crippen LogP contribution >= 0.6 is 11.6 Å². The highest BCUT2D eigenvalue weighted by Gasteiger charge is 2.28. The fraction of sp³-hybridized carbons (Fsp3) is 0.125. The van der Waals surface area contributed by atoms with Crippen molar-refractivity contribution in [2.45, 2.75) is 18.9 Å². The van der Waals surface area contributed by atoms with Crippen molar-refractivity contribution in [2.75, 3.05) is 0 Å². The van der Waals surface area contributed by atoms with E-state index in [2.05, 4.69) is 25.5 Å². The van der Waals surface area contributed by atoms with Crippen molar-refractivity contribution in [1.29, 1.82) is 0 Å². The minimum absolute atomic E-state index is 0.138. The number of fused-ring (bicyclic) bond motifs is 1. The Morgan fingerprint density at radius 1 is 1.09 bits per heavy atom. The number of aromatic amines is 1. The van der Waals surface area contributed by atoms with Crippen LogP contribution in [0.5, 0.6) is 0 Å². The smallest absolute Gasteiger partial charge is 0.252 e. The highest BCUT2D eigenvalue weighted by molar-refractivity contribution is 6.31. The molecule has 3 aromatic heterocycles. The Morgan fingerprint density at radius 3 is 2.82 bits per heavy atom. The molecule has 34 heavy (non-hydrogen) atoms. The lowest BCUT2D eigenvalue weighted by Gasteiger charge is -2.15. The van der Waals surface area contributed by atoms with Crippen molar-refractivity contribution in [3.8, 4) is 28.1 Å². The minimum atomic E-state index is -0.314. The summed E-state index contributed by atoms with van der Waals surface area (Å²) in [5.41, 5.74) is 4.40. The average molecular weight is 474 g/mol. The van der Waals surface area contributed by atoms with Gasteiger partial charge >= 0.3 is 0 Å². The number of hydrogen-bond donors (Lipinski definition) is 1. The van der Waals surface area contributed by atoms with Gasteiger partial charge in [-0.15, -0.1) is 5.10 Å². The van der Waals surface area contributed by atoms with E-state index in [1.54, 1.807) is 35.0 Å². The Kier molecular flexibility index (Phi) is 4.84. The van der Waals surface area contributed by atoms with Crippen LogP contribution in [-0.2, 0) is 6.42 Å². The van der Waals surface area contributed by atoms with Crippen molar-refractivity contribution >= 4 is 11.6 Å². The van der Waals surface area contributed by atoms with Crippen molar-refractivity contribution in [3.05, 3.63) is 99.8 Å². The van der Waals surface area contributed by atoms with E-state index in [0.717, 1.165) is 28.9 Å². The quantitative estimate of drug-likeness (QED) is 0.422. The maximum Gasteiger partial charge on any atom is 0.252 e. The molecule has 4 heterocycles. The third kappa shape index (κ3) is 3.50. The van der Waals surface area contributed by atoms with E-state index in [-0.39, 0.29) is 17.4 Å². The monoisotopic (exact) mass is 473 g/mol. The van der Waals surface area contributed by atoms with Gasteiger partial charge in [0.2, 0.25) is 0 Å². The number of H-pyrrole nitrogens is 1. The molecule has 0 radical (unpaired) electrons. The largest absolute Gasteiger partial charge is 0.340 e. The predicted molar refractivity (Wildman–Crippen MR) is 124 cm³/mol. The number of rotatable bonds is 4. The van der Waals surface area contributed by atoms with Crippen LogP contribution in [0, 0.1) is 5.82 Å². The molecule has 0 amide bonds. The molecule has 1 atom stereocenters. The van der Waals surface area contributed by atoms with Gasteiger partial charge in [-0.25, -0.2) is 9.37 Å². The summed E-state index contributed by atoms with van der Waals surface area (Å²) in [6, 6.07) is 15.1. The molecule has 8 nitrogen and oxygen atoms in total. The summed E-state index contributed by atoms with van der Waals surface area (Å²) in [6.07, 6.45) is 4.61. The number of benzene rings is 2. The molecule has 1 aliphatic heterocycles. The average Bonchev–Trinajstić information content (AvgIpc) is 3.59. The molecule has 0 saturated heterocycles. The first kappa shape index (κ1) is 20.5. The lowest BCUT2D eigenvalue weighted by atomic mass is 10.0. The number of halogens is 2. The van der Waals surface area contributed by atoms with Gasteiger partial charge in [0.15, 0.2) is 0 Å². The van der Waals surface area contributed by atoms with Gasteiger partial charge in [-0.2, -0.15) is 4.68 Å². The van der Waals surface area contributed by atoms with Gasteiger partial charge in [-0.3, -0.25) is 4.79 Å². The van der Waals surface area contributed by atoms with Crippen LogP contribution in [0.15, 0.2) is 71.9 Å². The molecule has 10 heteroatoms. The number of nitrogens with one attached hydrogen (secondary N) is 1. The molecular formula is C24H17ClFN7O. The Bertz CT molecular complexity index is 1570. The molecule has 0 spiro atoms. The van der Waals surface area contributed by atoms with Crippen LogP contribution in [0.2, 0.25) is 5.02 Å². The molecule has 168 valence electrons. The van der Waals surface area contributed by atoms with Gasteiger partial charge in [0, 0.05) is 27.9 Å². The number of hydrogen-bond acceptors (Lipinski definition) is 5. The lowest BCUT2D eigenvalue weighted by molar-refractivity contribution is 0.572. The first-order valence-electron chi connectivity index (χ1n) is 10.7. The zero-order chi connectivity index (χ0) is 23.2. The molecule has 0 saturated carbocycles. The molecule has 0 fully saturated rings. The summed E-state index contributed by atoms with van der Waals surface area (Å²) in [4.78, 5) is 21.1. The zero-order valence-electron chi connectivity index (χ0n) is 17.7. The Balaban J connectivity index is 1.39. The van der Waals surface area contributed by atoms with Crippen LogP contribution < -0.4 is 5.56 Å². The van der Waals surface area contributed by atoms with E-state index < -0.39 is 0 Å². The van der Waals surface area contributed by atoms with Crippen LogP contribution in [-0.4, -0.2) is 34.7 Å². The molecule has 0 aliphatic carbocycles. The fourth-order valence-corrected chi connectivity index (χ4v) is 4.70. The summed E-state index contributed by atoms with van der Waals surface area (Å²) >= 11 is 6.27. The molecule has 2 aromatic carbocycles. The van der Waals surface area contributed by atoms with E-state index in [4.69, 9.17) is 11.6 Å². The molecule has 1 N–H and O–H groups in total. The Labute approximate surface area is 197 Å². The third-order valence-electron chi connectivity index (χ3n) is 6.05. The first-order valence-corrected chi connectivity index (χ1v) is 11.0. The molecule has 0 bridgehead atoms. The van der Waals surface area contributed by atoms with E-state index >= 15 is 0 Å². The maximum absolute atomic E-state index is 13.6. The fourth-order valence-electron chi connectivity index (χ4n) is 4.53. The van der Waals surface area contributed by atoms with Gasteiger partial charge < -0.3 is 9.55 Å². The Morgan fingerprint density at radius 2 is 2.00 bits per heavy atom. The van der Waals surface area contributed by atoms with E-state index in [1.807, 2.05) is 18.2 Å². The number of aromatic nitrogens is 7. The van der Waals surface area contributed by atoms with Crippen LogP contribution in [0.25, 0.3) is 28.1 Å². The maximum atomic E-state index is 13.6. The number of tetrazole rings is 1. The zero-order valence-corrected chi connectivity index (χ0v) is 18.4. The SMILES string of the molecule is O=c1cc(-c2cc(Cl)ccc2-n2cnnn2)cc2n1[C@H](c1ncc(-c3cccc(F)c3)[nH]1)CC2. The number of pyridine rings is 1. The van der Waals surface area contributed by atoms with Crippen molar-refractivity contribution in [3.63, 3.8) is 0 Å². The molecular weight excluding hydrogens is 457 g/mol. The van der Waals surface area contributed by atoms with E-state index in [1.165, 1.54) is 23.1 Å². The van der Waals surface area contributed by atoms with Gasteiger partial charge in [-0.05, 0) is 65.2 Å². The third-order valence-corrected chi connectivity index (χ3v) is 6.28. The Hall–Kier alpha value is -4.11. The molecule has 5 aromatic rings. The molecule has 0 unspecified atom stereocenters. The lowest BCUT2D eigenvalue weighted by Crippen LogP contribution is -2.23. The van der Waals surface area contributed by atoms with Gasteiger partial charge in [0.25, 0.3) is 5.56 Å². The summed E-state index contributed by atoms with van der Waals surface area (Å²) in [7, 11) is 0. The number of aryl methyl sites for hydroxylation is 1. The minimum Gasteiger partial charge on any atom is -0.340 e. The highest BCUT2D eigenvalue weighted by atomic mass is 35.5.